The number of piperidine rings is 1. The van der Waals surface area contributed by atoms with Gasteiger partial charge in [-0.1, -0.05) is 30.3 Å². The maximum Gasteiger partial charge on any atom is 0.255 e. The van der Waals surface area contributed by atoms with Gasteiger partial charge in [0.1, 0.15) is 0 Å². The van der Waals surface area contributed by atoms with Crippen LogP contribution in [0.2, 0.25) is 0 Å². The predicted octanol–water partition coefficient (Wildman–Crippen LogP) is 3.55. The van der Waals surface area contributed by atoms with Crippen molar-refractivity contribution >= 4 is 17.3 Å². The second-order valence-corrected chi connectivity index (χ2v) is 7.99. The van der Waals surface area contributed by atoms with E-state index in [2.05, 4.69) is 45.4 Å². The van der Waals surface area contributed by atoms with Crippen molar-refractivity contribution in [2.45, 2.75) is 19.3 Å². The highest BCUT2D eigenvalue weighted by molar-refractivity contribution is 5.99. The number of carbonyl (C=O) groups excluding carboxylic acids is 1. The van der Waals surface area contributed by atoms with E-state index in [0.717, 1.165) is 76.5 Å². The van der Waals surface area contributed by atoms with E-state index in [4.69, 9.17) is 0 Å². The van der Waals surface area contributed by atoms with E-state index in [1.807, 2.05) is 29.2 Å². The topological polar surface area (TPSA) is 38.8 Å². The summed E-state index contributed by atoms with van der Waals surface area (Å²) in [6, 6.07) is 18.6. The number of rotatable bonds is 6. The van der Waals surface area contributed by atoms with Gasteiger partial charge < -0.3 is 15.1 Å². The van der Waals surface area contributed by atoms with E-state index in [1.54, 1.807) is 0 Å². The molecule has 5 heteroatoms. The van der Waals surface area contributed by atoms with Crippen LogP contribution in [0.15, 0.2) is 54.6 Å². The highest BCUT2D eigenvalue weighted by Gasteiger charge is 2.21. The van der Waals surface area contributed by atoms with Crippen LogP contribution in [0.25, 0.3) is 0 Å². The summed E-state index contributed by atoms with van der Waals surface area (Å²) in [7, 11) is 0. The Balaban J connectivity index is 1.26. The predicted molar refractivity (Wildman–Crippen MR) is 120 cm³/mol. The molecule has 2 aliphatic rings. The molecule has 0 bridgehead atoms. The van der Waals surface area contributed by atoms with Crippen LogP contribution in [0.3, 0.4) is 0 Å². The van der Waals surface area contributed by atoms with Gasteiger partial charge in [0.05, 0.1) is 5.56 Å². The Morgan fingerprint density at radius 2 is 1.48 bits per heavy atom. The molecule has 2 heterocycles. The monoisotopic (exact) mass is 392 g/mol. The molecule has 2 aliphatic heterocycles. The first-order chi connectivity index (χ1) is 14.3. The molecule has 1 N–H and O–H groups in total. The number of benzene rings is 2. The van der Waals surface area contributed by atoms with Crippen LogP contribution in [0, 0.1) is 0 Å². The number of piperazine rings is 1. The largest absolute Gasteiger partial charge is 0.383 e. The fourth-order valence-electron chi connectivity index (χ4n) is 4.31. The molecule has 0 spiro atoms. The van der Waals surface area contributed by atoms with Crippen molar-refractivity contribution in [3.05, 3.63) is 60.2 Å². The number of hydrogen-bond donors (Lipinski definition) is 1. The van der Waals surface area contributed by atoms with Crippen molar-refractivity contribution in [3.8, 4) is 0 Å². The number of carbonyl (C=O) groups is 1. The summed E-state index contributed by atoms with van der Waals surface area (Å²) >= 11 is 0. The Bertz CT molecular complexity index is 780. The number of nitrogens with one attached hydrogen (secondary N) is 1. The lowest BCUT2D eigenvalue weighted by Gasteiger charge is -2.36. The first kappa shape index (κ1) is 19.8. The second-order valence-electron chi connectivity index (χ2n) is 7.99. The maximum atomic E-state index is 12.9. The normalized spacial score (nSPS) is 17.9. The molecule has 29 heavy (non-hydrogen) atoms. The summed E-state index contributed by atoms with van der Waals surface area (Å²) in [6.45, 7) is 7.90. The average molecular weight is 393 g/mol. The van der Waals surface area contributed by atoms with Crippen molar-refractivity contribution in [1.82, 2.24) is 9.80 Å². The first-order valence-corrected chi connectivity index (χ1v) is 11.0. The van der Waals surface area contributed by atoms with Gasteiger partial charge >= 0.3 is 0 Å². The highest BCUT2D eigenvalue weighted by Crippen LogP contribution is 2.20. The second kappa shape index (κ2) is 9.79. The van der Waals surface area contributed by atoms with Crippen molar-refractivity contribution in [1.29, 1.82) is 0 Å². The Morgan fingerprint density at radius 3 is 2.24 bits per heavy atom. The molecule has 2 saturated heterocycles. The Hall–Kier alpha value is -2.53. The maximum absolute atomic E-state index is 12.9. The third-order valence-corrected chi connectivity index (χ3v) is 6.04. The Kier molecular flexibility index (Phi) is 6.67. The van der Waals surface area contributed by atoms with Crippen LogP contribution in [-0.2, 0) is 0 Å². The van der Waals surface area contributed by atoms with Gasteiger partial charge in [0.15, 0.2) is 0 Å². The van der Waals surface area contributed by atoms with Crippen molar-refractivity contribution in [3.63, 3.8) is 0 Å². The molecule has 0 aliphatic carbocycles. The van der Waals surface area contributed by atoms with Gasteiger partial charge in [-0.15, -0.1) is 0 Å². The molecule has 0 unspecified atom stereocenters. The summed E-state index contributed by atoms with van der Waals surface area (Å²) in [5.74, 6) is 0.171. The number of hydrogen-bond acceptors (Lipinski definition) is 4. The summed E-state index contributed by atoms with van der Waals surface area (Å²) in [5, 5.41) is 3.52. The van der Waals surface area contributed by atoms with E-state index < -0.39 is 0 Å². The Labute approximate surface area is 174 Å². The number of para-hydroxylation sites is 2. The summed E-state index contributed by atoms with van der Waals surface area (Å²) < 4.78 is 0. The standard InChI is InChI=1S/C24H32N4O/c29-24(28-14-7-2-8-15-28)22-11-5-6-12-23(22)25-13-16-26-17-19-27(20-18-26)21-9-3-1-4-10-21/h1,3-6,9-12,25H,2,7-8,13-20H2. The minimum atomic E-state index is 0.171. The van der Waals surface area contributed by atoms with Crippen molar-refractivity contribution < 1.29 is 4.79 Å². The minimum Gasteiger partial charge on any atom is -0.383 e. The van der Waals surface area contributed by atoms with Gasteiger partial charge in [-0.2, -0.15) is 0 Å². The average Bonchev–Trinajstić information content (AvgIpc) is 2.80. The van der Waals surface area contributed by atoms with Gasteiger partial charge in [-0.25, -0.2) is 0 Å². The lowest BCUT2D eigenvalue weighted by Crippen LogP contribution is -2.47. The number of nitrogens with zero attached hydrogens (tertiary/aromatic N) is 3. The lowest BCUT2D eigenvalue weighted by molar-refractivity contribution is 0.0725. The molecular formula is C24H32N4O. The molecule has 2 aromatic carbocycles. The molecule has 0 radical (unpaired) electrons. The SMILES string of the molecule is O=C(c1ccccc1NCCN1CCN(c2ccccc2)CC1)N1CCCCC1. The van der Waals surface area contributed by atoms with E-state index in [0.29, 0.717) is 0 Å². The van der Waals surface area contributed by atoms with E-state index in [-0.39, 0.29) is 5.91 Å². The fraction of sp³-hybridized carbons (Fsp3) is 0.458. The molecule has 0 saturated carbocycles. The van der Waals surface area contributed by atoms with Gasteiger partial charge in [-0.3, -0.25) is 9.69 Å². The summed E-state index contributed by atoms with van der Waals surface area (Å²) in [6.07, 6.45) is 3.48. The molecule has 0 aromatic heterocycles. The van der Waals surface area contributed by atoms with Crippen LogP contribution >= 0.6 is 0 Å². The quantitative estimate of drug-likeness (QED) is 0.816. The van der Waals surface area contributed by atoms with E-state index in [1.165, 1.54) is 12.1 Å². The fourth-order valence-corrected chi connectivity index (χ4v) is 4.31. The van der Waals surface area contributed by atoms with E-state index >= 15 is 0 Å². The third-order valence-electron chi connectivity index (χ3n) is 6.04. The molecule has 1 amide bonds. The summed E-state index contributed by atoms with van der Waals surface area (Å²) in [4.78, 5) is 19.9. The number of amides is 1. The summed E-state index contributed by atoms with van der Waals surface area (Å²) in [5.41, 5.74) is 3.09. The molecular weight excluding hydrogens is 360 g/mol. The first-order valence-electron chi connectivity index (χ1n) is 11.0. The lowest BCUT2D eigenvalue weighted by atomic mass is 10.1. The van der Waals surface area contributed by atoms with Crippen LogP contribution in [0.5, 0.6) is 0 Å². The molecule has 4 rings (SSSR count). The van der Waals surface area contributed by atoms with E-state index in [9.17, 15) is 4.79 Å². The molecule has 2 aromatic rings. The smallest absolute Gasteiger partial charge is 0.255 e. The van der Waals surface area contributed by atoms with Gasteiger partial charge in [-0.05, 0) is 43.5 Å². The molecule has 0 atom stereocenters. The number of anilines is 2. The minimum absolute atomic E-state index is 0.171. The number of likely N-dealkylation sites (tertiary alicyclic amines) is 1. The van der Waals surface area contributed by atoms with Crippen LogP contribution in [-0.4, -0.2) is 68.1 Å². The molecule has 2 fully saturated rings. The van der Waals surface area contributed by atoms with Crippen molar-refractivity contribution in [2.24, 2.45) is 0 Å². The molecule has 154 valence electrons. The van der Waals surface area contributed by atoms with Gasteiger partial charge in [0.2, 0.25) is 0 Å². The van der Waals surface area contributed by atoms with Crippen LogP contribution in [0.1, 0.15) is 29.6 Å². The van der Waals surface area contributed by atoms with Crippen LogP contribution in [0.4, 0.5) is 11.4 Å². The Morgan fingerprint density at radius 1 is 0.793 bits per heavy atom. The zero-order valence-electron chi connectivity index (χ0n) is 17.2. The van der Waals surface area contributed by atoms with Gasteiger partial charge in [0.25, 0.3) is 5.91 Å². The highest BCUT2D eigenvalue weighted by atomic mass is 16.2. The van der Waals surface area contributed by atoms with Crippen LogP contribution < -0.4 is 10.2 Å². The zero-order valence-corrected chi connectivity index (χ0v) is 17.2. The van der Waals surface area contributed by atoms with Gasteiger partial charge in [0, 0.05) is 63.7 Å². The third kappa shape index (κ3) is 5.10. The van der Waals surface area contributed by atoms with Crippen molar-refractivity contribution in [2.75, 3.05) is 62.6 Å². The molecule has 5 nitrogen and oxygen atoms in total. The zero-order chi connectivity index (χ0) is 19.9.